The van der Waals surface area contributed by atoms with Crippen molar-refractivity contribution in [3.05, 3.63) is 0 Å². The molecule has 0 aromatic heterocycles. The summed E-state index contributed by atoms with van der Waals surface area (Å²) in [6, 6.07) is 0. The normalized spacial score (nSPS) is 30.9. The highest BCUT2D eigenvalue weighted by molar-refractivity contribution is 4.55. The monoisotopic (exact) mass is 144 g/mol. The molecule has 1 unspecified atom stereocenters. The number of hydrogen-bond donors (Lipinski definition) is 0. The van der Waals surface area contributed by atoms with Crippen LogP contribution in [-0.2, 0) is 4.74 Å². The highest BCUT2D eigenvalue weighted by atomic mass is 16.5. The summed E-state index contributed by atoms with van der Waals surface area (Å²) in [5, 5.41) is 0. The third-order valence-corrected chi connectivity index (χ3v) is 2.32. The van der Waals surface area contributed by atoms with Gasteiger partial charge in [-0.3, -0.25) is 0 Å². The third kappa shape index (κ3) is 1.50. The zero-order chi connectivity index (χ0) is 7.61. The van der Waals surface area contributed by atoms with Crippen LogP contribution in [0.5, 0.6) is 0 Å². The first-order valence-corrected chi connectivity index (χ1v) is 4.11. The van der Waals surface area contributed by atoms with Crippen molar-refractivity contribution in [2.45, 2.75) is 26.0 Å². The SMILES string of the molecule is CCOC1CCC[N+]1(C)C. The van der Waals surface area contributed by atoms with Gasteiger partial charge < -0.3 is 9.22 Å². The standard InChI is InChI=1S/C8H18NO/c1-4-10-8-6-5-7-9(8,2)3/h8H,4-7H2,1-3H3/q+1. The highest BCUT2D eigenvalue weighted by Gasteiger charge is 2.34. The van der Waals surface area contributed by atoms with E-state index < -0.39 is 0 Å². The van der Waals surface area contributed by atoms with Crippen LogP contribution in [-0.4, -0.2) is 38.0 Å². The minimum Gasteiger partial charge on any atom is -0.329 e. The lowest BCUT2D eigenvalue weighted by molar-refractivity contribution is -0.924. The van der Waals surface area contributed by atoms with Crippen molar-refractivity contribution in [3.63, 3.8) is 0 Å². The quantitative estimate of drug-likeness (QED) is 0.529. The molecular formula is C8H18NO+. The van der Waals surface area contributed by atoms with Gasteiger partial charge in [0.1, 0.15) is 0 Å². The highest BCUT2D eigenvalue weighted by Crippen LogP contribution is 2.22. The molecule has 2 nitrogen and oxygen atoms in total. The zero-order valence-electron chi connectivity index (χ0n) is 7.26. The number of likely N-dealkylation sites (tertiary alicyclic amines) is 1. The van der Waals surface area contributed by atoms with Crippen LogP contribution >= 0.6 is 0 Å². The second-order valence-electron chi connectivity index (χ2n) is 3.55. The summed E-state index contributed by atoms with van der Waals surface area (Å²) in [7, 11) is 4.49. The van der Waals surface area contributed by atoms with Gasteiger partial charge in [0, 0.05) is 12.8 Å². The Balaban J connectivity index is 2.43. The molecule has 0 radical (unpaired) electrons. The predicted octanol–water partition coefficient (Wildman–Crippen LogP) is 1.22. The number of quaternary nitrogens is 1. The van der Waals surface area contributed by atoms with E-state index in [0.29, 0.717) is 6.23 Å². The molecule has 1 aliphatic heterocycles. The average Bonchev–Trinajstić information content (AvgIpc) is 2.13. The van der Waals surface area contributed by atoms with Gasteiger partial charge in [0.2, 0.25) is 0 Å². The lowest BCUT2D eigenvalue weighted by Crippen LogP contribution is -2.45. The number of nitrogens with zero attached hydrogens (tertiary/aromatic N) is 1. The van der Waals surface area contributed by atoms with Gasteiger partial charge >= 0.3 is 0 Å². The van der Waals surface area contributed by atoms with Crippen molar-refractivity contribution in [3.8, 4) is 0 Å². The summed E-state index contributed by atoms with van der Waals surface area (Å²) < 4.78 is 6.64. The molecule has 1 saturated heterocycles. The van der Waals surface area contributed by atoms with Gasteiger partial charge in [0.05, 0.1) is 27.2 Å². The Bertz CT molecular complexity index is 112. The summed E-state index contributed by atoms with van der Waals surface area (Å²) in [6.45, 7) is 4.19. The molecule has 1 heterocycles. The molecule has 0 saturated carbocycles. The average molecular weight is 144 g/mol. The number of ether oxygens (including phenoxy) is 1. The first-order valence-electron chi connectivity index (χ1n) is 4.11. The molecule has 1 atom stereocenters. The van der Waals surface area contributed by atoms with Crippen LogP contribution in [0.25, 0.3) is 0 Å². The van der Waals surface area contributed by atoms with Crippen LogP contribution in [0.4, 0.5) is 0 Å². The van der Waals surface area contributed by atoms with E-state index in [1.54, 1.807) is 0 Å². The number of hydrogen-bond acceptors (Lipinski definition) is 1. The van der Waals surface area contributed by atoms with Gasteiger partial charge in [-0.15, -0.1) is 0 Å². The van der Waals surface area contributed by atoms with E-state index in [1.807, 2.05) is 0 Å². The van der Waals surface area contributed by atoms with Gasteiger partial charge in [0.25, 0.3) is 0 Å². The van der Waals surface area contributed by atoms with E-state index in [0.717, 1.165) is 11.1 Å². The molecule has 0 aromatic carbocycles. The molecule has 60 valence electrons. The van der Waals surface area contributed by atoms with E-state index in [1.165, 1.54) is 19.4 Å². The molecule has 1 aliphatic rings. The fraction of sp³-hybridized carbons (Fsp3) is 1.00. The third-order valence-electron chi connectivity index (χ3n) is 2.32. The van der Waals surface area contributed by atoms with Crippen LogP contribution in [0, 0.1) is 0 Å². The van der Waals surface area contributed by atoms with Gasteiger partial charge in [-0.2, -0.15) is 0 Å². The molecule has 0 amide bonds. The minimum absolute atomic E-state index is 0.463. The van der Waals surface area contributed by atoms with Gasteiger partial charge in [-0.1, -0.05) is 0 Å². The van der Waals surface area contributed by atoms with Crippen molar-refractivity contribution in [2.75, 3.05) is 27.2 Å². The summed E-state index contributed by atoms with van der Waals surface area (Å²) in [6.07, 6.45) is 3.02. The van der Waals surface area contributed by atoms with Crippen LogP contribution in [0.2, 0.25) is 0 Å². The van der Waals surface area contributed by atoms with Gasteiger partial charge in [0.15, 0.2) is 6.23 Å². The van der Waals surface area contributed by atoms with E-state index in [9.17, 15) is 0 Å². The maximum atomic E-state index is 5.59. The second-order valence-corrected chi connectivity index (χ2v) is 3.55. The summed E-state index contributed by atoms with van der Waals surface area (Å²) >= 11 is 0. The minimum atomic E-state index is 0.463. The Morgan fingerprint density at radius 1 is 1.50 bits per heavy atom. The fourth-order valence-corrected chi connectivity index (χ4v) is 1.64. The summed E-state index contributed by atoms with van der Waals surface area (Å²) in [5.74, 6) is 0. The summed E-state index contributed by atoms with van der Waals surface area (Å²) in [4.78, 5) is 0. The van der Waals surface area contributed by atoms with Gasteiger partial charge in [-0.05, 0) is 6.92 Å². The van der Waals surface area contributed by atoms with Gasteiger partial charge in [-0.25, -0.2) is 0 Å². The first-order chi connectivity index (χ1) is 4.67. The largest absolute Gasteiger partial charge is 0.329 e. The Morgan fingerprint density at radius 2 is 2.20 bits per heavy atom. The topological polar surface area (TPSA) is 9.23 Å². The Hall–Kier alpha value is -0.0800. The molecule has 0 spiro atoms. The maximum Gasteiger partial charge on any atom is 0.193 e. The summed E-state index contributed by atoms with van der Waals surface area (Å²) in [5.41, 5.74) is 0. The second kappa shape index (κ2) is 2.89. The number of rotatable bonds is 2. The van der Waals surface area contributed by atoms with Crippen molar-refractivity contribution < 1.29 is 9.22 Å². The Labute approximate surface area is 63.4 Å². The molecular weight excluding hydrogens is 126 g/mol. The lowest BCUT2D eigenvalue weighted by atomic mass is 10.4. The van der Waals surface area contributed by atoms with E-state index in [-0.39, 0.29) is 0 Å². The molecule has 0 bridgehead atoms. The van der Waals surface area contributed by atoms with E-state index in [4.69, 9.17) is 4.74 Å². The van der Waals surface area contributed by atoms with Crippen LogP contribution < -0.4 is 0 Å². The smallest absolute Gasteiger partial charge is 0.193 e. The molecule has 0 aromatic rings. The Morgan fingerprint density at radius 3 is 2.60 bits per heavy atom. The molecule has 2 heteroatoms. The molecule has 0 N–H and O–H groups in total. The van der Waals surface area contributed by atoms with E-state index >= 15 is 0 Å². The van der Waals surface area contributed by atoms with Crippen LogP contribution in [0.15, 0.2) is 0 Å². The predicted molar refractivity (Wildman–Crippen MR) is 41.6 cm³/mol. The van der Waals surface area contributed by atoms with Crippen molar-refractivity contribution in [1.82, 2.24) is 0 Å². The molecule has 1 fully saturated rings. The Kier molecular flexibility index (Phi) is 2.32. The molecule has 10 heavy (non-hydrogen) atoms. The molecule has 0 aliphatic carbocycles. The zero-order valence-corrected chi connectivity index (χ0v) is 7.26. The van der Waals surface area contributed by atoms with Crippen molar-refractivity contribution >= 4 is 0 Å². The van der Waals surface area contributed by atoms with Crippen LogP contribution in [0.1, 0.15) is 19.8 Å². The van der Waals surface area contributed by atoms with Crippen molar-refractivity contribution in [1.29, 1.82) is 0 Å². The fourth-order valence-electron chi connectivity index (χ4n) is 1.64. The van der Waals surface area contributed by atoms with E-state index in [2.05, 4.69) is 21.0 Å². The maximum absolute atomic E-state index is 5.59. The van der Waals surface area contributed by atoms with Crippen molar-refractivity contribution in [2.24, 2.45) is 0 Å². The van der Waals surface area contributed by atoms with Crippen LogP contribution in [0.3, 0.4) is 0 Å². The lowest BCUT2D eigenvalue weighted by Gasteiger charge is -2.30. The molecule has 1 rings (SSSR count). The first kappa shape index (κ1) is 8.02.